The molecule has 26 heavy (non-hydrogen) atoms. The molecular formula is C18H29N3O4S. The molecule has 1 aliphatic heterocycles. The van der Waals surface area contributed by atoms with Crippen molar-refractivity contribution < 1.29 is 17.9 Å². The third-order valence-corrected chi connectivity index (χ3v) is 5.60. The lowest BCUT2D eigenvalue weighted by Crippen LogP contribution is -2.50. The highest BCUT2D eigenvalue weighted by molar-refractivity contribution is 7.92. The summed E-state index contributed by atoms with van der Waals surface area (Å²) in [5.74, 6) is -0.271. The zero-order valence-electron chi connectivity index (χ0n) is 15.8. The van der Waals surface area contributed by atoms with Crippen LogP contribution >= 0.6 is 0 Å². The first-order valence-electron chi connectivity index (χ1n) is 8.97. The van der Waals surface area contributed by atoms with E-state index < -0.39 is 16.1 Å². The summed E-state index contributed by atoms with van der Waals surface area (Å²) in [7, 11) is -3.59. The number of aryl methyl sites for hydroxylation is 1. The van der Waals surface area contributed by atoms with Gasteiger partial charge < -0.3 is 10.1 Å². The number of hydrogen-bond acceptors (Lipinski definition) is 5. The van der Waals surface area contributed by atoms with Gasteiger partial charge in [0.2, 0.25) is 15.9 Å². The average Bonchev–Trinajstić information content (AvgIpc) is 2.59. The van der Waals surface area contributed by atoms with Crippen molar-refractivity contribution in [2.75, 3.05) is 50.0 Å². The van der Waals surface area contributed by atoms with Crippen LogP contribution in [0.5, 0.6) is 0 Å². The van der Waals surface area contributed by atoms with Gasteiger partial charge in [0.15, 0.2) is 0 Å². The Kier molecular flexibility index (Phi) is 7.43. The minimum absolute atomic E-state index is 0.271. The number of morpholine rings is 1. The van der Waals surface area contributed by atoms with E-state index in [-0.39, 0.29) is 5.91 Å². The summed E-state index contributed by atoms with van der Waals surface area (Å²) < 4.78 is 31.3. The van der Waals surface area contributed by atoms with Crippen LogP contribution < -0.4 is 9.62 Å². The smallest absolute Gasteiger partial charge is 0.243 e. The molecule has 0 saturated carbocycles. The Bertz CT molecular complexity index is 702. The summed E-state index contributed by atoms with van der Waals surface area (Å²) >= 11 is 0. The first-order valence-corrected chi connectivity index (χ1v) is 10.8. The zero-order valence-corrected chi connectivity index (χ0v) is 16.6. The highest BCUT2D eigenvalue weighted by Gasteiger charge is 2.31. The summed E-state index contributed by atoms with van der Waals surface area (Å²) in [4.78, 5) is 14.9. The first-order chi connectivity index (χ1) is 12.3. The quantitative estimate of drug-likeness (QED) is 0.724. The number of anilines is 1. The molecule has 0 aromatic heterocycles. The van der Waals surface area contributed by atoms with Gasteiger partial charge in [-0.05, 0) is 31.0 Å². The standard InChI is InChI=1S/C18H29N3O4S/c1-4-17(18(22)19-8-9-20-10-12-25-13-11-20)21(26(3,23)24)16-7-5-6-15(2)14-16/h5-7,14,17H,4,8-13H2,1-3H3,(H,19,22). The molecule has 1 fully saturated rings. The second kappa shape index (κ2) is 9.34. The Morgan fingerprint density at radius 1 is 1.35 bits per heavy atom. The van der Waals surface area contributed by atoms with Gasteiger partial charge >= 0.3 is 0 Å². The van der Waals surface area contributed by atoms with Crippen molar-refractivity contribution in [3.05, 3.63) is 29.8 Å². The molecule has 1 unspecified atom stereocenters. The normalized spacial score (nSPS) is 16.9. The lowest BCUT2D eigenvalue weighted by atomic mass is 10.1. The second-order valence-electron chi connectivity index (χ2n) is 6.57. The highest BCUT2D eigenvalue weighted by atomic mass is 32.2. The van der Waals surface area contributed by atoms with Crippen molar-refractivity contribution >= 4 is 21.6 Å². The number of carbonyl (C=O) groups is 1. The lowest BCUT2D eigenvalue weighted by molar-refractivity contribution is -0.122. The molecular weight excluding hydrogens is 354 g/mol. The molecule has 1 N–H and O–H groups in total. The Hall–Kier alpha value is -1.64. The Morgan fingerprint density at radius 3 is 2.62 bits per heavy atom. The van der Waals surface area contributed by atoms with Crippen molar-refractivity contribution in [2.45, 2.75) is 26.3 Å². The fourth-order valence-electron chi connectivity index (χ4n) is 3.11. The van der Waals surface area contributed by atoms with E-state index in [9.17, 15) is 13.2 Å². The summed E-state index contributed by atoms with van der Waals surface area (Å²) in [5.41, 5.74) is 1.46. The molecule has 1 amide bonds. The third kappa shape index (κ3) is 5.69. The highest BCUT2D eigenvalue weighted by Crippen LogP contribution is 2.23. The maximum atomic E-state index is 12.7. The molecule has 1 aliphatic rings. The van der Waals surface area contributed by atoms with Gasteiger partial charge in [0.25, 0.3) is 0 Å². The number of rotatable bonds is 8. The lowest BCUT2D eigenvalue weighted by Gasteiger charge is -2.31. The molecule has 0 radical (unpaired) electrons. The summed E-state index contributed by atoms with van der Waals surface area (Å²) in [5, 5.41) is 2.89. The van der Waals surface area contributed by atoms with E-state index in [0.717, 1.165) is 31.5 Å². The largest absolute Gasteiger partial charge is 0.379 e. The summed E-state index contributed by atoms with van der Waals surface area (Å²) in [6.07, 6.45) is 1.53. The second-order valence-corrected chi connectivity index (χ2v) is 8.43. The number of amides is 1. The molecule has 0 aliphatic carbocycles. The molecule has 1 aromatic carbocycles. The predicted molar refractivity (Wildman–Crippen MR) is 103 cm³/mol. The number of sulfonamides is 1. The van der Waals surface area contributed by atoms with Gasteiger partial charge in [-0.25, -0.2) is 8.42 Å². The van der Waals surface area contributed by atoms with Crippen LogP contribution in [0, 0.1) is 6.92 Å². The van der Waals surface area contributed by atoms with Crippen molar-refractivity contribution in [3.63, 3.8) is 0 Å². The minimum atomic E-state index is -3.59. The first kappa shape index (κ1) is 20.7. The monoisotopic (exact) mass is 383 g/mol. The summed E-state index contributed by atoms with van der Waals surface area (Å²) in [6, 6.07) is 6.43. The maximum Gasteiger partial charge on any atom is 0.243 e. The number of benzene rings is 1. The number of ether oxygens (including phenoxy) is 1. The predicted octanol–water partition coefficient (Wildman–Crippen LogP) is 0.988. The van der Waals surface area contributed by atoms with Crippen LogP contribution in [0.1, 0.15) is 18.9 Å². The summed E-state index contributed by atoms with van der Waals surface area (Å²) in [6.45, 7) is 8.06. The van der Waals surface area contributed by atoms with Gasteiger partial charge in [0.05, 0.1) is 25.2 Å². The third-order valence-electron chi connectivity index (χ3n) is 4.42. The molecule has 2 rings (SSSR count). The number of nitrogens with zero attached hydrogens (tertiary/aromatic N) is 2. The van der Waals surface area contributed by atoms with Crippen LogP contribution in [0.15, 0.2) is 24.3 Å². The van der Waals surface area contributed by atoms with Gasteiger partial charge in [-0.15, -0.1) is 0 Å². The topological polar surface area (TPSA) is 79.0 Å². The van der Waals surface area contributed by atoms with E-state index in [1.807, 2.05) is 19.9 Å². The molecule has 8 heteroatoms. The van der Waals surface area contributed by atoms with E-state index >= 15 is 0 Å². The van der Waals surface area contributed by atoms with Gasteiger partial charge in [0, 0.05) is 26.2 Å². The molecule has 1 aromatic rings. The minimum Gasteiger partial charge on any atom is -0.379 e. The van der Waals surface area contributed by atoms with Crippen LogP contribution in [-0.2, 0) is 19.6 Å². The van der Waals surface area contributed by atoms with E-state index in [1.165, 1.54) is 4.31 Å². The van der Waals surface area contributed by atoms with Crippen molar-refractivity contribution in [2.24, 2.45) is 0 Å². The van der Waals surface area contributed by atoms with Crippen molar-refractivity contribution in [3.8, 4) is 0 Å². The van der Waals surface area contributed by atoms with Gasteiger partial charge in [0.1, 0.15) is 6.04 Å². The molecule has 1 atom stereocenters. The molecule has 1 saturated heterocycles. The van der Waals surface area contributed by atoms with E-state index in [1.54, 1.807) is 18.2 Å². The van der Waals surface area contributed by atoms with Gasteiger partial charge in [-0.2, -0.15) is 0 Å². The number of carbonyl (C=O) groups excluding carboxylic acids is 1. The molecule has 146 valence electrons. The van der Waals surface area contributed by atoms with Crippen LogP contribution in [0.4, 0.5) is 5.69 Å². The van der Waals surface area contributed by atoms with Crippen LogP contribution in [0.2, 0.25) is 0 Å². The SMILES string of the molecule is CCC(C(=O)NCCN1CCOCC1)N(c1cccc(C)c1)S(C)(=O)=O. The number of nitrogens with one attached hydrogen (secondary N) is 1. The van der Waals surface area contributed by atoms with Crippen LogP contribution in [0.3, 0.4) is 0 Å². The Balaban J connectivity index is 2.07. The van der Waals surface area contributed by atoms with E-state index in [2.05, 4.69) is 10.2 Å². The Morgan fingerprint density at radius 2 is 2.04 bits per heavy atom. The molecule has 0 bridgehead atoms. The molecule has 0 spiro atoms. The van der Waals surface area contributed by atoms with Gasteiger partial charge in [-0.3, -0.25) is 14.0 Å². The van der Waals surface area contributed by atoms with Crippen molar-refractivity contribution in [1.29, 1.82) is 0 Å². The fourth-order valence-corrected chi connectivity index (χ4v) is 4.31. The maximum absolute atomic E-state index is 12.7. The van der Waals surface area contributed by atoms with Crippen LogP contribution in [0.25, 0.3) is 0 Å². The number of hydrogen-bond donors (Lipinski definition) is 1. The molecule has 7 nitrogen and oxygen atoms in total. The van der Waals surface area contributed by atoms with E-state index in [4.69, 9.17) is 4.74 Å². The fraction of sp³-hybridized carbons (Fsp3) is 0.611. The van der Waals surface area contributed by atoms with Gasteiger partial charge in [-0.1, -0.05) is 19.1 Å². The zero-order chi connectivity index (χ0) is 19.2. The van der Waals surface area contributed by atoms with Crippen molar-refractivity contribution in [1.82, 2.24) is 10.2 Å². The Labute approximate surface area is 156 Å². The average molecular weight is 384 g/mol. The van der Waals surface area contributed by atoms with Crippen LogP contribution in [-0.4, -0.2) is 70.9 Å². The molecule has 1 heterocycles. The van der Waals surface area contributed by atoms with E-state index in [0.29, 0.717) is 31.9 Å².